The van der Waals surface area contributed by atoms with E-state index in [0.29, 0.717) is 6.61 Å². The Labute approximate surface area is 125 Å². The van der Waals surface area contributed by atoms with E-state index in [-0.39, 0.29) is 6.09 Å². The van der Waals surface area contributed by atoms with E-state index < -0.39 is 0 Å². The molecular weight excluding hydrogens is 250 g/mol. The van der Waals surface area contributed by atoms with E-state index in [4.69, 9.17) is 4.74 Å². The zero-order chi connectivity index (χ0) is 15.1. The lowest BCUT2D eigenvalue weighted by Crippen LogP contribution is -2.23. The molecule has 0 rings (SSSR count). The summed E-state index contributed by atoms with van der Waals surface area (Å²) in [7, 11) is 3.41. The minimum Gasteiger partial charge on any atom is -0.449 e. The lowest BCUT2D eigenvalue weighted by atomic mass is 10.1. The predicted octanol–water partition coefficient (Wildman–Crippen LogP) is 5.16. The zero-order valence-electron chi connectivity index (χ0n) is 13.7. The summed E-state index contributed by atoms with van der Waals surface area (Å²) >= 11 is 0. The van der Waals surface area contributed by atoms with Gasteiger partial charge in [0.1, 0.15) is 0 Å². The molecule has 0 aromatic rings. The molecule has 0 saturated carbocycles. The van der Waals surface area contributed by atoms with Gasteiger partial charge in [-0.05, 0) is 25.7 Å². The van der Waals surface area contributed by atoms with Crippen molar-refractivity contribution in [1.29, 1.82) is 0 Å². The Kier molecular flexibility index (Phi) is 13.7. The van der Waals surface area contributed by atoms with Crippen molar-refractivity contribution in [2.24, 2.45) is 0 Å². The van der Waals surface area contributed by atoms with Gasteiger partial charge in [-0.25, -0.2) is 4.79 Å². The average Bonchev–Trinajstić information content (AvgIpc) is 2.43. The van der Waals surface area contributed by atoms with Gasteiger partial charge in [0.05, 0.1) is 6.61 Å². The lowest BCUT2D eigenvalue weighted by Gasteiger charge is -2.10. The van der Waals surface area contributed by atoms with Crippen molar-refractivity contribution in [3.8, 4) is 0 Å². The van der Waals surface area contributed by atoms with Crippen molar-refractivity contribution < 1.29 is 9.53 Å². The number of allylic oxidation sites excluding steroid dienone is 2. The van der Waals surface area contributed by atoms with Gasteiger partial charge in [0.25, 0.3) is 0 Å². The van der Waals surface area contributed by atoms with Crippen LogP contribution in [0.25, 0.3) is 0 Å². The first-order chi connectivity index (χ1) is 9.68. The van der Waals surface area contributed by atoms with Crippen molar-refractivity contribution >= 4 is 6.09 Å². The number of carbonyl (C=O) groups is 1. The summed E-state index contributed by atoms with van der Waals surface area (Å²) in [4.78, 5) is 12.6. The topological polar surface area (TPSA) is 29.5 Å². The van der Waals surface area contributed by atoms with Crippen molar-refractivity contribution in [1.82, 2.24) is 4.90 Å². The molecule has 1 amide bonds. The molecule has 3 heteroatoms. The third-order valence-corrected chi connectivity index (χ3v) is 3.25. The van der Waals surface area contributed by atoms with Crippen molar-refractivity contribution in [3.05, 3.63) is 12.2 Å². The molecule has 20 heavy (non-hydrogen) atoms. The van der Waals surface area contributed by atoms with Gasteiger partial charge in [-0.3, -0.25) is 0 Å². The zero-order valence-corrected chi connectivity index (χ0v) is 13.7. The summed E-state index contributed by atoms with van der Waals surface area (Å²) in [6, 6.07) is 0. The van der Waals surface area contributed by atoms with Crippen LogP contribution in [-0.4, -0.2) is 31.7 Å². The third-order valence-electron chi connectivity index (χ3n) is 3.25. The fourth-order valence-electron chi connectivity index (χ4n) is 1.92. The first-order valence-electron chi connectivity index (χ1n) is 8.17. The van der Waals surface area contributed by atoms with Crippen LogP contribution in [0.15, 0.2) is 12.2 Å². The first-order valence-corrected chi connectivity index (χ1v) is 8.17. The Bertz CT molecular complexity index is 249. The predicted molar refractivity (Wildman–Crippen MR) is 86.0 cm³/mol. The van der Waals surface area contributed by atoms with Crippen LogP contribution >= 0.6 is 0 Å². The highest BCUT2D eigenvalue weighted by atomic mass is 16.6. The normalized spacial score (nSPS) is 10.9. The van der Waals surface area contributed by atoms with Crippen LogP contribution in [-0.2, 0) is 4.74 Å². The van der Waals surface area contributed by atoms with Gasteiger partial charge in [-0.15, -0.1) is 0 Å². The molecule has 0 aliphatic carbocycles. The molecule has 0 aromatic heterocycles. The molecule has 0 N–H and O–H groups in total. The highest BCUT2D eigenvalue weighted by molar-refractivity contribution is 5.66. The molecule has 0 atom stereocenters. The van der Waals surface area contributed by atoms with Crippen molar-refractivity contribution in [2.75, 3.05) is 20.7 Å². The molecule has 0 aromatic carbocycles. The van der Waals surface area contributed by atoms with Gasteiger partial charge in [-0.2, -0.15) is 0 Å². The smallest absolute Gasteiger partial charge is 0.409 e. The molecule has 0 fully saturated rings. The summed E-state index contributed by atoms with van der Waals surface area (Å²) in [6.07, 6.45) is 16.8. The van der Waals surface area contributed by atoms with Crippen LogP contribution in [0.3, 0.4) is 0 Å². The third kappa shape index (κ3) is 13.4. The number of ether oxygens (including phenoxy) is 1. The first kappa shape index (κ1) is 19.0. The molecule has 0 radical (unpaired) electrons. The highest BCUT2D eigenvalue weighted by Crippen LogP contribution is 2.08. The summed E-state index contributed by atoms with van der Waals surface area (Å²) in [5.41, 5.74) is 0. The van der Waals surface area contributed by atoms with E-state index in [2.05, 4.69) is 19.1 Å². The van der Waals surface area contributed by atoms with E-state index in [1.165, 1.54) is 56.3 Å². The Morgan fingerprint density at radius 1 is 0.900 bits per heavy atom. The second kappa shape index (κ2) is 14.4. The van der Waals surface area contributed by atoms with Gasteiger partial charge < -0.3 is 9.64 Å². The number of nitrogens with zero attached hydrogens (tertiary/aromatic N) is 1. The van der Waals surface area contributed by atoms with Crippen LogP contribution in [0.1, 0.15) is 71.1 Å². The molecular formula is C17H33NO2. The molecule has 0 bridgehead atoms. The summed E-state index contributed by atoms with van der Waals surface area (Å²) in [6.45, 7) is 2.78. The monoisotopic (exact) mass is 283 g/mol. The number of hydrogen-bond donors (Lipinski definition) is 0. The molecule has 0 heterocycles. The minimum absolute atomic E-state index is 0.236. The Morgan fingerprint density at radius 2 is 1.45 bits per heavy atom. The Balaban J connectivity index is 3.13. The van der Waals surface area contributed by atoms with Gasteiger partial charge >= 0.3 is 6.09 Å². The van der Waals surface area contributed by atoms with E-state index in [1.54, 1.807) is 14.1 Å². The van der Waals surface area contributed by atoms with Crippen LogP contribution in [0.5, 0.6) is 0 Å². The molecule has 0 aliphatic heterocycles. The average molecular weight is 283 g/mol. The number of carbonyl (C=O) groups excluding carboxylic acids is 1. The van der Waals surface area contributed by atoms with Crippen molar-refractivity contribution in [2.45, 2.75) is 71.1 Å². The Hall–Kier alpha value is -0.990. The highest BCUT2D eigenvalue weighted by Gasteiger charge is 2.02. The molecule has 0 aliphatic rings. The molecule has 0 saturated heterocycles. The maximum Gasteiger partial charge on any atom is 0.409 e. The fraction of sp³-hybridized carbons (Fsp3) is 0.824. The van der Waals surface area contributed by atoms with E-state index in [0.717, 1.165) is 12.8 Å². The molecule has 3 nitrogen and oxygen atoms in total. The fourth-order valence-corrected chi connectivity index (χ4v) is 1.92. The molecule has 0 unspecified atom stereocenters. The van der Waals surface area contributed by atoms with Crippen LogP contribution < -0.4 is 0 Å². The minimum atomic E-state index is -0.236. The molecule has 0 spiro atoms. The maximum absolute atomic E-state index is 11.1. The Morgan fingerprint density at radius 3 is 2.05 bits per heavy atom. The second-order valence-corrected chi connectivity index (χ2v) is 5.53. The van der Waals surface area contributed by atoms with Crippen LogP contribution in [0, 0.1) is 0 Å². The number of rotatable bonds is 12. The lowest BCUT2D eigenvalue weighted by molar-refractivity contribution is 0.116. The van der Waals surface area contributed by atoms with E-state index in [1.807, 2.05) is 0 Å². The van der Waals surface area contributed by atoms with Gasteiger partial charge in [0.2, 0.25) is 0 Å². The quantitative estimate of drug-likeness (QED) is 0.365. The second-order valence-electron chi connectivity index (χ2n) is 5.53. The number of unbranched alkanes of at least 4 members (excludes halogenated alkanes) is 8. The number of amides is 1. The summed E-state index contributed by atoms with van der Waals surface area (Å²) in [5.74, 6) is 0. The maximum atomic E-state index is 11.1. The SMILES string of the molecule is CCCC/C=C\CCCCCCCCOC(=O)N(C)C. The molecule has 118 valence electrons. The van der Waals surface area contributed by atoms with E-state index in [9.17, 15) is 4.79 Å². The van der Waals surface area contributed by atoms with Gasteiger partial charge in [0, 0.05) is 14.1 Å². The van der Waals surface area contributed by atoms with Gasteiger partial charge in [-0.1, -0.05) is 57.6 Å². The van der Waals surface area contributed by atoms with Gasteiger partial charge in [0.15, 0.2) is 0 Å². The van der Waals surface area contributed by atoms with E-state index >= 15 is 0 Å². The van der Waals surface area contributed by atoms with Crippen molar-refractivity contribution in [3.63, 3.8) is 0 Å². The standard InChI is InChI=1S/C17H33NO2/c1-4-5-6-7-8-9-10-11-12-13-14-15-16-20-17(19)18(2)3/h7-8H,4-6,9-16H2,1-3H3/b8-7-. The number of hydrogen-bond acceptors (Lipinski definition) is 2. The summed E-state index contributed by atoms with van der Waals surface area (Å²) < 4.78 is 5.07. The van der Waals surface area contributed by atoms with Crippen LogP contribution in [0.4, 0.5) is 4.79 Å². The summed E-state index contributed by atoms with van der Waals surface area (Å²) in [5, 5.41) is 0. The van der Waals surface area contributed by atoms with Crippen LogP contribution in [0.2, 0.25) is 0 Å². The largest absolute Gasteiger partial charge is 0.449 e.